The number of fused-ring (bicyclic) bond motifs is 1. The Bertz CT molecular complexity index is 637. The van der Waals surface area contributed by atoms with Gasteiger partial charge in [-0.3, -0.25) is 14.5 Å². The summed E-state index contributed by atoms with van der Waals surface area (Å²) in [4.78, 5) is 25.2. The number of para-hydroxylation sites is 1. The van der Waals surface area contributed by atoms with Crippen molar-refractivity contribution in [1.29, 1.82) is 0 Å². The van der Waals surface area contributed by atoms with Crippen LogP contribution < -0.4 is 4.90 Å². The van der Waals surface area contributed by atoms with Gasteiger partial charge in [0.25, 0.3) is 11.7 Å². The standard InChI is InChI=1S/C12H7BrN2O3/c13-9-3-1-2-8-10(9)15(12(17)11(8)16)6-7-4-5-14-18-7/h1-5H,6H2. The van der Waals surface area contributed by atoms with E-state index in [0.29, 0.717) is 21.5 Å². The minimum atomic E-state index is -0.548. The highest BCUT2D eigenvalue weighted by atomic mass is 79.9. The molecule has 18 heavy (non-hydrogen) atoms. The number of ketones is 1. The molecule has 0 N–H and O–H groups in total. The Morgan fingerprint density at radius 3 is 2.83 bits per heavy atom. The Morgan fingerprint density at radius 2 is 2.11 bits per heavy atom. The molecule has 1 aliphatic rings. The summed E-state index contributed by atoms with van der Waals surface area (Å²) in [5.74, 6) is -0.515. The zero-order valence-corrected chi connectivity index (χ0v) is 10.7. The number of Topliss-reactive ketones (excluding diaryl/α,β-unsaturated/α-hetero) is 1. The van der Waals surface area contributed by atoms with Crippen LogP contribution in [0.3, 0.4) is 0 Å². The van der Waals surface area contributed by atoms with Gasteiger partial charge in [0.05, 0.1) is 24.0 Å². The average Bonchev–Trinajstić information content (AvgIpc) is 2.94. The molecule has 0 spiro atoms. The van der Waals surface area contributed by atoms with E-state index in [9.17, 15) is 9.59 Å². The number of benzene rings is 1. The van der Waals surface area contributed by atoms with Crippen molar-refractivity contribution in [2.45, 2.75) is 6.54 Å². The maximum absolute atomic E-state index is 11.9. The van der Waals surface area contributed by atoms with Crippen molar-refractivity contribution < 1.29 is 14.1 Å². The molecule has 90 valence electrons. The van der Waals surface area contributed by atoms with Gasteiger partial charge in [0.15, 0.2) is 5.76 Å². The molecule has 5 nitrogen and oxygen atoms in total. The molecule has 1 amide bonds. The SMILES string of the molecule is O=C1C(=O)N(Cc2ccno2)c2c(Br)cccc21. The molecule has 0 unspecified atom stereocenters. The van der Waals surface area contributed by atoms with Crippen LogP contribution in [0.25, 0.3) is 0 Å². The molecule has 0 aliphatic carbocycles. The van der Waals surface area contributed by atoms with Gasteiger partial charge in [-0.15, -0.1) is 0 Å². The van der Waals surface area contributed by atoms with E-state index in [0.717, 1.165) is 0 Å². The van der Waals surface area contributed by atoms with Gasteiger partial charge in [-0.1, -0.05) is 11.2 Å². The van der Waals surface area contributed by atoms with Gasteiger partial charge in [0.2, 0.25) is 0 Å². The number of aromatic nitrogens is 1. The van der Waals surface area contributed by atoms with E-state index in [4.69, 9.17) is 4.52 Å². The van der Waals surface area contributed by atoms with Crippen LogP contribution in [-0.2, 0) is 11.3 Å². The van der Waals surface area contributed by atoms with Crippen LogP contribution in [0.5, 0.6) is 0 Å². The largest absolute Gasteiger partial charge is 0.359 e. The van der Waals surface area contributed by atoms with E-state index in [1.165, 1.54) is 11.1 Å². The quantitative estimate of drug-likeness (QED) is 0.798. The Kier molecular flexibility index (Phi) is 2.52. The van der Waals surface area contributed by atoms with Crippen molar-refractivity contribution in [2.24, 2.45) is 0 Å². The lowest BCUT2D eigenvalue weighted by Crippen LogP contribution is -2.29. The highest BCUT2D eigenvalue weighted by Gasteiger charge is 2.37. The molecule has 1 aliphatic heterocycles. The van der Waals surface area contributed by atoms with Gasteiger partial charge in [-0.2, -0.15) is 0 Å². The second-order valence-electron chi connectivity index (χ2n) is 3.84. The summed E-state index contributed by atoms with van der Waals surface area (Å²) in [6, 6.07) is 6.82. The maximum Gasteiger partial charge on any atom is 0.299 e. The highest BCUT2D eigenvalue weighted by Crippen LogP contribution is 2.36. The number of carbonyl (C=O) groups is 2. The number of hydrogen-bond acceptors (Lipinski definition) is 4. The lowest BCUT2D eigenvalue weighted by Gasteiger charge is -2.15. The summed E-state index contributed by atoms with van der Waals surface area (Å²) in [7, 11) is 0. The van der Waals surface area contributed by atoms with Gasteiger partial charge < -0.3 is 4.52 Å². The molecule has 2 heterocycles. The van der Waals surface area contributed by atoms with Gasteiger partial charge in [-0.25, -0.2) is 0 Å². The molecule has 1 aromatic heterocycles. The smallest absolute Gasteiger partial charge is 0.299 e. The third kappa shape index (κ3) is 1.57. The Hall–Kier alpha value is -1.95. The first-order valence-electron chi connectivity index (χ1n) is 5.23. The third-order valence-electron chi connectivity index (χ3n) is 2.75. The number of amides is 1. The Morgan fingerprint density at radius 1 is 1.28 bits per heavy atom. The topological polar surface area (TPSA) is 63.4 Å². The molecule has 0 radical (unpaired) electrons. The molecule has 0 atom stereocenters. The van der Waals surface area contributed by atoms with Crippen LogP contribution in [0.2, 0.25) is 0 Å². The van der Waals surface area contributed by atoms with Crippen molar-refractivity contribution in [3.63, 3.8) is 0 Å². The van der Waals surface area contributed by atoms with E-state index in [-0.39, 0.29) is 6.54 Å². The molecular formula is C12H7BrN2O3. The summed E-state index contributed by atoms with van der Waals surface area (Å²) in [5.41, 5.74) is 0.998. The predicted molar refractivity (Wildman–Crippen MR) is 66.2 cm³/mol. The molecule has 2 aromatic rings. The van der Waals surface area contributed by atoms with Gasteiger partial charge in [0.1, 0.15) is 0 Å². The summed E-state index contributed by atoms with van der Waals surface area (Å²) in [5, 5.41) is 3.58. The van der Waals surface area contributed by atoms with Crippen LogP contribution in [0, 0.1) is 0 Å². The molecule has 0 fully saturated rings. The molecule has 6 heteroatoms. The fourth-order valence-electron chi connectivity index (χ4n) is 1.94. The van der Waals surface area contributed by atoms with Crippen LogP contribution in [0.1, 0.15) is 16.1 Å². The van der Waals surface area contributed by atoms with Crippen molar-refractivity contribution in [1.82, 2.24) is 5.16 Å². The van der Waals surface area contributed by atoms with Crippen LogP contribution in [0.15, 0.2) is 39.5 Å². The zero-order chi connectivity index (χ0) is 12.7. The van der Waals surface area contributed by atoms with Crippen molar-refractivity contribution >= 4 is 33.3 Å². The number of halogens is 1. The predicted octanol–water partition coefficient (Wildman–Crippen LogP) is 2.17. The van der Waals surface area contributed by atoms with Crippen molar-refractivity contribution in [3.8, 4) is 0 Å². The van der Waals surface area contributed by atoms with E-state index in [1.807, 2.05) is 0 Å². The molecular weight excluding hydrogens is 300 g/mol. The number of carbonyl (C=O) groups excluding carboxylic acids is 2. The Labute approximate surface area is 110 Å². The molecule has 0 bridgehead atoms. The first-order valence-corrected chi connectivity index (χ1v) is 6.02. The third-order valence-corrected chi connectivity index (χ3v) is 3.39. The van der Waals surface area contributed by atoms with Crippen LogP contribution in [-0.4, -0.2) is 16.8 Å². The average molecular weight is 307 g/mol. The number of nitrogens with zero attached hydrogens (tertiary/aromatic N) is 2. The second kappa shape index (κ2) is 4.06. The van der Waals surface area contributed by atoms with E-state index in [2.05, 4.69) is 21.1 Å². The van der Waals surface area contributed by atoms with Crippen molar-refractivity contribution in [3.05, 3.63) is 46.3 Å². The summed E-state index contributed by atoms with van der Waals surface area (Å²) >= 11 is 3.35. The lowest BCUT2D eigenvalue weighted by molar-refractivity contribution is -0.114. The summed E-state index contributed by atoms with van der Waals surface area (Å²) in [6.07, 6.45) is 1.50. The normalized spacial score (nSPS) is 14.2. The fourth-order valence-corrected chi connectivity index (χ4v) is 2.52. The van der Waals surface area contributed by atoms with Gasteiger partial charge in [0, 0.05) is 10.5 Å². The minimum absolute atomic E-state index is 0.195. The van der Waals surface area contributed by atoms with E-state index < -0.39 is 11.7 Å². The Balaban J connectivity index is 2.07. The number of anilines is 1. The second-order valence-corrected chi connectivity index (χ2v) is 4.69. The monoisotopic (exact) mass is 306 g/mol. The summed E-state index contributed by atoms with van der Waals surface area (Å²) < 4.78 is 5.67. The summed E-state index contributed by atoms with van der Waals surface area (Å²) in [6.45, 7) is 0.195. The molecule has 1 aromatic carbocycles. The molecule has 0 saturated carbocycles. The van der Waals surface area contributed by atoms with Crippen molar-refractivity contribution in [2.75, 3.05) is 4.90 Å². The number of rotatable bonds is 2. The highest BCUT2D eigenvalue weighted by molar-refractivity contribution is 9.10. The van der Waals surface area contributed by atoms with Crippen LogP contribution in [0.4, 0.5) is 5.69 Å². The van der Waals surface area contributed by atoms with Gasteiger partial charge in [-0.05, 0) is 28.1 Å². The number of hydrogen-bond donors (Lipinski definition) is 0. The maximum atomic E-state index is 11.9. The molecule has 3 rings (SSSR count). The molecule has 0 saturated heterocycles. The lowest BCUT2D eigenvalue weighted by atomic mass is 10.1. The first kappa shape index (κ1) is 11.2. The van der Waals surface area contributed by atoms with Crippen LogP contribution >= 0.6 is 15.9 Å². The first-order chi connectivity index (χ1) is 8.68. The minimum Gasteiger partial charge on any atom is -0.359 e. The van der Waals surface area contributed by atoms with E-state index in [1.54, 1.807) is 24.3 Å². The van der Waals surface area contributed by atoms with E-state index >= 15 is 0 Å². The fraction of sp³-hybridized carbons (Fsp3) is 0.0833. The van der Waals surface area contributed by atoms with Gasteiger partial charge >= 0.3 is 0 Å². The zero-order valence-electron chi connectivity index (χ0n) is 9.09.